The summed E-state index contributed by atoms with van der Waals surface area (Å²) in [5.74, 6) is -0.757. The first-order valence-corrected chi connectivity index (χ1v) is 6.92. The summed E-state index contributed by atoms with van der Waals surface area (Å²) in [4.78, 5) is 21.5. The van der Waals surface area contributed by atoms with Crippen molar-refractivity contribution in [3.63, 3.8) is 0 Å². The first kappa shape index (κ1) is 15.2. The first-order chi connectivity index (χ1) is 10.0. The number of aromatic nitrogens is 2. The van der Waals surface area contributed by atoms with Crippen LogP contribution in [0.15, 0.2) is 24.3 Å². The van der Waals surface area contributed by atoms with Crippen LogP contribution in [0, 0.1) is 0 Å². The minimum Gasteiger partial charge on any atom is -0.475 e. The molecule has 21 heavy (non-hydrogen) atoms. The highest BCUT2D eigenvalue weighted by Gasteiger charge is 2.19. The van der Waals surface area contributed by atoms with Gasteiger partial charge in [0.2, 0.25) is 5.82 Å². The molecule has 0 aliphatic heterocycles. The van der Waals surface area contributed by atoms with Gasteiger partial charge >= 0.3 is 5.97 Å². The Morgan fingerprint density at radius 1 is 1.29 bits per heavy atom. The van der Waals surface area contributed by atoms with Crippen LogP contribution < -0.4 is 4.90 Å². The van der Waals surface area contributed by atoms with E-state index in [1.807, 2.05) is 36.9 Å². The Kier molecular flexibility index (Phi) is 4.70. The van der Waals surface area contributed by atoms with Crippen molar-refractivity contribution in [2.75, 3.05) is 18.1 Å². The molecule has 0 spiro atoms. The summed E-state index contributed by atoms with van der Waals surface area (Å²) < 4.78 is 0. The number of para-hydroxylation sites is 1. The van der Waals surface area contributed by atoms with Crippen LogP contribution in [-0.2, 0) is 0 Å². The summed E-state index contributed by atoms with van der Waals surface area (Å²) in [6, 6.07) is 7.48. The lowest BCUT2D eigenvalue weighted by atomic mass is 10.2. The number of rotatable bonds is 6. The number of fused-ring (bicyclic) bond motifs is 1. The van der Waals surface area contributed by atoms with E-state index in [-0.39, 0.29) is 18.5 Å². The Labute approximate surface area is 123 Å². The number of carboxylic acid groups (broad SMARTS) is 1. The predicted octanol–water partition coefficient (Wildman–Crippen LogP) is 1.93. The van der Waals surface area contributed by atoms with E-state index in [4.69, 9.17) is 5.11 Å². The fourth-order valence-corrected chi connectivity index (χ4v) is 2.22. The zero-order chi connectivity index (χ0) is 15.4. The smallest absolute Gasteiger partial charge is 0.374 e. The second-order valence-corrected chi connectivity index (χ2v) is 5.06. The van der Waals surface area contributed by atoms with Crippen molar-refractivity contribution in [1.82, 2.24) is 9.97 Å². The Morgan fingerprint density at radius 2 is 2.00 bits per heavy atom. The van der Waals surface area contributed by atoms with E-state index in [2.05, 4.69) is 9.97 Å². The van der Waals surface area contributed by atoms with E-state index in [0.29, 0.717) is 24.3 Å². The van der Waals surface area contributed by atoms with E-state index < -0.39 is 5.97 Å². The van der Waals surface area contributed by atoms with Crippen molar-refractivity contribution in [3.8, 4) is 0 Å². The number of hydrogen-bond donors (Lipinski definition) is 2. The highest BCUT2D eigenvalue weighted by atomic mass is 16.4. The van der Waals surface area contributed by atoms with Gasteiger partial charge in [0.1, 0.15) is 5.82 Å². The number of aliphatic hydroxyl groups is 1. The molecule has 2 aromatic rings. The van der Waals surface area contributed by atoms with Gasteiger partial charge in [0.25, 0.3) is 0 Å². The Morgan fingerprint density at radius 3 is 2.62 bits per heavy atom. The third kappa shape index (κ3) is 3.28. The molecule has 6 heteroatoms. The quantitative estimate of drug-likeness (QED) is 0.845. The van der Waals surface area contributed by atoms with Gasteiger partial charge in [-0.2, -0.15) is 0 Å². The summed E-state index contributed by atoms with van der Waals surface area (Å²) >= 11 is 0. The summed E-state index contributed by atoms with van der Waals surface area (Å²) in [5.41, 5.74) is 0.606. The maximum atomic E-state index is 11.2. The molecule has 0 amide bonds. The lowest BCUT2D eigenvalue weighted by molar-refractivity contribution is 0.0684. The number of aliphatic hydroxyl groups excluding tert-OH is 1. The number of hydrogen-bond acceptors (Lipinski definition) is 5. The van der Waals surface area contributed by atoms with Crippen molar-refractivity contribution in [3.05, 3.63) is 30.1 Å². The van der Waals surface area contributed by atoms with Crippen molar-refractivity contribution in [2.45, 2.75) is 26.3 Å². The van der Waals surface area contributed by atoms with Gasteiger partial charge < -0.3 is 15.1 Å². The molecular weight excluding hydrogens is 270 g/mol. The average molecular weight is 289 g/mol. The normalized spacial score (nSPS) is 11.0. The highest BCUT2D eigenvalue weighted by molar-refractivity contribution is 5.93. The average Bonchev–Trinajstić information content (AvgIpc) is 2.46. The molecule has 0 fully saturated rings. The Bertz CT molecular complexity index is 643. The van der Waals surface area contributed by atoms with Gasteiger partial charge in [-0.3, -0.25) is 0 Å². The second kappa shape index (κ2) is 6.49. The van der Waals surface area contributed by atoms with Crippen LogP contribution >= 0.6 is 0 Å². The van der Waals surface area contributed by atoms with Crippen LogP contribution in [0.4, 0.5) is 5.82 Å². The van der Waals surface area contributed by atoms with Crippen LogP contribution in [0.5, 0.6) is 0 Å². The van der Waals surface area contributed by atoms with Gasteiger partial charge in [0.15, 0.2) is 0 Å². The number of benzene rings is 1. The molecule has 0 bridgehead atoms. The van der Waals surface area contributed by atoms with Crippen LogP contribution in [-0.4, -0.2) is 45.3 Å². The maximum Gasteiger partial charge on any atom is 0.374 e. The minimum absolute atomic E-state index is 0.0814. The standard InChI is InChI=1S/C15H19N3O3/c1-10(2)18(8-5-9-19)14-11-6-3-4-7-12(11)16-13(17-14)15(20)21/h3-4,6-7,10,19H,5,8-9H2,1-2H3,(H,20,21). The van der Waals surface area contributed by atoms with Gasteiger partial charge in [0, 0.05) is 24.6 Å². The Balaban J connectivity index is 2.60. The minimum atomic E-state index is -1.15. The van der Waals surface area contributed by atoms with Gasteiger partial charge in [-0.05, 0) is 32.4 Å². The molecule has 1 aromatic carbocycles. The van der Waals surface area contributed by atoms with Gasteiger partial charge in [-0.15, -0.1) is 0 Å². The lowest BCUT2D eigenvalue weighted by Crippen LogP contribution is -2.33. The number of anilines is 1. The molecule has 0 aliphatic rings. The van der Waals surface area contributed by atoms with Gasteiger partial charge in [0.05, 0.1) is 5.52 Å². The molecule has 0 unspecified atom stereocenters. The largest absolute Gasteiger partial charge is 0.475 e. The van der Waals surface area contributed by atoms with Crippen molar-refractivity contribution >= 4 is 22.7 Å². The van der Waals surface area contributed by atoms with E-state index in [1.54, 1.807) is 6.07 Å². The number of aromatic carboxylic acids is 1. The molecule has 6 nitrogen and oxygen atoms in total. The van der Waals surface area contributed by atoms with Crippen LogP contribution in [0.25, 0.3) is 10.9 Å². The van der Waals surface area contributed by atoms with Crippen LogP contribution in [0.1, 0.15) is 30.9 Å². The second-order valence-electron chi connectivity index (χ2n) is 5.06. The van der Waals surface area contributed by atoms with Gasteiger partial charge in [-0.1, -0.05) is 12.1 Å². The number of carbonyl (C=O) groups is 1. The summed E-state index contributed by atoms with van der Waals surface area (Å²) in [6.07, 6.45) is 0.596. The predicted molar refractivity (Wildman–Crippen MR) is 80.7 cm³/mol. The fraction of sp³-hybridized carbons (Fsp3) is 0.400. The van der Waals surface area contributed by atoms with E-state index in [0.717, 1.165) is 5.39 Å². The number of carboxylic acids is 1. The molecule has 2 N–H and O–H groups in total. The van der Waals surface area contributed by atoms with E-state index in [1.165, 1.54) is 0 Å². The maximum absolute atomic E-state index is 11.2. The molecule has 1 heterocycles. The van der Waals surface area contributed by atoms with E-state index in [9.17, 15) is 9.90 Å². The molecule has 0 aliphatic carbocycles. The fourth-order valence-electron chi connectivity index (χ4n) is 2.22. The summed E-state index contributed by atoms with van der Waals surface area (Å²) in [7, 11) is 0. The molecule has 0 radical (unpaired) electrons. The topological polar surface area (TPSA) is 86.5 Å². The molecule has 1 aromatic heterocycles. The van der Waals surface area contributed by atoms with Crippen molar-refractivity contribution < 1.29 is 15.0 Å². The third-order valence-corrected chi connectivity index (χ3v) is 3.23. The lowest BCUT2D eigenvalue weighted by Gasteiger charge is -2.28. The van der Waals surface area contributed by atoms with Crippen molar-refractivity contribution in [1.29, 1.82) is 0 Å². The summed E-state index contributed by atoms with van der Waals surface area (Å²) in [6.45, 7) is 4.70. The van der Waals surface area contributed by atoms with Crippen LogP contribution in [0.3, 0.4) is 0 Å². The third-order valence-electron chi connectivity index (χ3n) is 3.23. The van der Waals surface area contributed by atoms with E-state index >= 15 is 0 Å². The zero-order valence-corrected chi connectivity index (χ0v) is 12.2. The first-order valence-electron chi connectivity index (χ1n) is 6.92. The Hall–Kier alpha value is -2.21. The molecule has 2 rings (SSSR count). The molecular formula is C15H19N3O3. The number of nitrogens with zero attached hydrogens (tertiary/aromatic N) is 3. The van der Waals surface area contributed by atoms with Crippen LogP contribution in [0.2, 0.25) is 0 Å². The molecule has 0 saturated heterocycles. The molecule has 112 valence electrons. The molecule has 0 atom stereocenters. The highest BCUT2D eigenvalue weighted by Crippen LogP contribution is 2.25. The summed E-state index contributed by atoms with van der Waals surface area (Å²) in [5, 5.41) is 19.0. The van der Waals surface area contributed by atoms with Crippen molar-refractivity contribution in [2.24, 2.45) is 0 Å². The SMILES string of the molecule is CC(C)N(CCCO)c1nc(C(=O)O)nc2ccccc12. The zero-order valence-electron chi connectivity index (χ0n) is 12.2. The monoisotopic (exact) mass is 289 g/mol. The molecule has 0 saturated carbocycles. The van der Waals surface area contributed by atoms with Gasteiger partial charge in [-0.25, -0.2) is 14.8 Å².